The maximum Gasteiger partial charge on any atom is 0.317 e. The summed E-state index contributed by atoms with van der Waals surface area (Å²) in [4.78, 5) is 13.8. The number of likely N-dealkylation sites (tertiary alicyclic amines) is 1. The van der Waals surface area contributed by atoms with Gasteiger partial charge < -0.3 is 10.2 Å². The minimum atomic E-state index is 0.128. The van der Waals surface area contributed by atoms with Crippen molar-refractivity contribution in [2.24, 2.45) is 5.41 Å². The predicted octanol–water partition coefficient (Wildman–Crippen LogP) is 2.76. The van der Waals surface area contributed by atoms with Gasteiger partial charge in [0.05, 0.1) is 0 Å². The van der Waals surface area contributed by atoms with Crippen LogP contribution in [0.4, 0.5) is 4.79 Å². The van der Waals surface area contributed by atoms with E-state index in [1.165, 1.54) is 38.5 Å². The fourth-order valence-corrected chi connectivity index (χ4v) is 3.15. The Morgan fingerprint density at radius 1 is 1.12 bits per heavy atom. The Labute approximate surface area is 98.6 Å². The van der Waals surface area contributed by atoms with Crippen LogP contribution in [0.15, 0.2) is 0 Å². The average Bonchev–Trinajstić information content (AvgIpc) is 2.66. The minimum Gasteiger partial charge on any atom is -0.336 e. The molecule has 1 aliphatic carbocycles. The van der Waals surface area contributed by atoms with E-state index in [9.17, 15) is 4.79 Å². The number of piperidine rings is 1. The average molecular weight is 224 g/mol. The first-order valence-corrected chi connectivity index (χ1v) is 6.67. The van der Waals surface area contributed by atoms with E-state index in [1.807, 2.05) is 18.7 Å². The van der Waals surface area contributed by atoms with Crippen LogP contribution in [0.3, 0.4) is 0 Å². The number of nitrogens with one attached hydrogen (secondary N) is 1. The van der Waals surface area contributed by atoms with Crippen molar-refractivity contribution < 1.29 is 4.79 Å². The third-order valence-electron chi connectivity index (χ3n) is 4.19. The second kappa shape index (κ2) is 4.64. The van der Waals surface area contributed by atoms with Crippen LogP contribution in [0.5, 0.6) is 0 Å². The van der Waals surface area contributed by atoms with E-state index < -0.39 is 0 Å². The summed E-state index contributed by atoms with van der Waals surface area (Å²) >= 11 is 0. The standard InChI is InChI=1S/C13H24N2O/c1-11(2)14-12(16)15-9-7-13(8-10-15)5-3-4-6-13/h11H,3-10H2,1-2H3,(H,14,16). The molecule has 2 fully saturated rings. The van der Waals surface area contributed by atoms with Gasteiger partial charge in [0, 0.05) is 19.1 Å². The second-order valence-corrected chi connectivity index (χ2v) is 5.80. The third kappa shape index (κ3) is 2.50. The highest BCUT2D eigenvalue weighted by Gasteiger charge is 2.37. The number of carbonyl (C=O) groups is 1. The SMILES string of the molecule is CC(C)NC(=O)N1CCC2(CCCC2)CC1. The van der Waals surface area contributed by atoms with Gasteiger partial charge in [0.15, 0.2) is 0 Å². The molecule has 16 heavy (non-hydrogen) atoms. The molecule has 0 unspecified atom stereocenters. The Hall–Kier alpha value is -0.730. The molecule has 3 heteroatoms. The Morgan fingerprint density at radius 3 is 2.19 bits per heavy atom. The summed E-state index contributed by atoms with van der Waals surface area (Å²) in [5.41, 5.74) is 0.606. The Balaban J connectivity index is 1.82. The maximum atomic E-state index is 11.8. The van der Waals surface area contributed by atoms with Gasteiger partial charge in [-0.2, -0.15) is 0 Å². The van der Waals surface area contributed by atoms with Crippen molar-refractivity contribution in [1.29, 1.82) is 0 Å². The first-order chi connectivity index (χ1) is 7.61. The second-order valence-electron chi connectivity index (χ2n) is 5.80. The van der Waals surface area contributed by atoms with Gasteiger partial charge in [-0.05, 0) is 44.9 Å². The zero-order valence-electron chi connectivity index (χ0n) is 10.6. The molecule has 1 saturated carbocycles. The molecule has 1 N–H and O–H groups in total. The number of hydrogen-bond acceptors (Lipinski definition) is 1. The van der Waals surface area contributed by atoms with Gasteiger partial charge in [0.1, 0.15) is 0 Å². The van der Waals surface area contributed by atoms with E-state index in [-0.39, 0.29) is 12.1 Å². The highest BCUT2D eigenvalue weighted by Crippen LogP contribution is 2.45. The maximum absolute atomic E-state index is 11.8. The molecule has 0 aromatic heterocycles. The number of amides is 2. The van der Waals surface area contributed by atoms with Gasteiger partial charge >= 0.3 is 6.03 Å². The van der Waals surface area contributed by atoms with E-state index >= 15 is 0 Å². The fraction of sp³-hybridized carbons (Fsp3) is 0.923. The molecule has 92 valence electrons. The summed E-state index contributed by atoms with van der Waals surface area (Å²) in [6, 6.07) is 0.373. The quantitative estimate of drug-likeness (QED) is 0.730. The lowest BCUT2D eigenvalue weighted by atomic mass is 9.77. The van der Waals surface area contributed by atoms with Crippen LogP contribution in [-0.4, -0.2) is 30.1 Å². The zero-order valence-corrected chi connectivity index (χ0v) is 10.6. The van der Waals surface area contributed by atoms with Crippen molar-refractivity contribution in [1.82, 2.24) is 10.2 Å². The Morgan fingerprint density at radius 2 is 1.69 bits per heavy atom. The number of urea groups is 1. The molecule has 0 aromatic rings. The van der Waals surface area contributed by atoms with Gasteiger partial charge in [-0.15, -0.1) is 0 Å². The van der Waals surface area contributed by atoms with Gasteiger partial charge in [-0.3, -0.25) is 0 Å². The summed E-state index contributed by atoms with van der Waals surface area (Å²) < 4.78 is 0. The zero-order chi connectivity index (χ0) is 11.6. The van der Waals surface area contributed by atoms with Crippen molar-refractivity contribution in [3.05, 3.63) is 0 Å². The van der Waals surface area contributed by atoms with Crippen molar-refractivity contribution >= 4 is 6.03 Å². The number of carbonyl (C=O) groups excluding carboxylic acids is 1. The summed E-state index contributed by atoms with van der Waals surface area (Å²) in [6.45, 7) is 5.94. The van der Waals surface area contributed by atoms with Crippen LogP contribution in [-0.2, 0) is 0 Å². The normalized spacial score (nSPS) is 24.1. The molecule has 2 rings (SSSR count). The molecule has 0 aromatic carbocycles. The van der Waals surface area contributed by atoms with Crippen LogP contribution in [0.25, 0.3) is 0 Å². The van der Waals surface area contributed by atoms with E-state index in [0.29, 0.717) is 5.41 Å². The van der Waals surface area contributed by atoms with E-state index in [0.717, 1.165) is 13.1 Å². The first-order valence-electron chi connectivity index (χ1n) is 6.67. The Kier molecular flexibility index (Phi) is 3.41. The summed E-state index contributed by atoms with van der Waals surface area (Å²) in [5.74, 6) is 0. The number of hydrogen-bond donors (Lipinski definition) is 1. The van der Waals surface area contributed by atoms with Crippen LogP contribution in [0.1, 0.15) is 52.4 Å². The number of rotatable bonds is 1. The minimum absolute atomic E-state index is 0.128. The lowest BCUT2D eigenvalue weighted by molar-refractivity contribution is 0.119. The molecule has 1 heterocycles. The molecule has 1 spiro atoms. The van der Waals surface area contributed by atoms with E-state index in [2.05, 4.69) is 5.32 Å². The van der Waals surface area contributed by atoms with Gasteiger partial charge in [-0.25, -0.2) is 4.79 Å². The molecule has 0 radical (unpaired) electrons. The first kappa shape index (κ1) is 11.7. The molecule has 0 bridgehead atoms. The Bertz CT molecular complexity index is 247. The molecular weight excluding hydrogens is 200 g/mol. The highest BCUT2D eigenvalue weighted by atomic mass is 16.2. The summed E-state index contributed by atoms with van der Waals surface area (Å²) in [7, 11) is 0. The summed E-state index contributed by atoms with van der Waals surface area (Å²) in [6.07, 6.45) is 8.03. The van der Waals surface area contributed by atoms with Gasteiger partial charge in [-0.1, -0.05) is 12.8 Å². The predicted molar refractivity (Wildman–Crippen MR) is 65.4 cm³/mol. The smallest absolute Gasteiger partial charge is 0.317 e. The van der Waals surface area contributed by atoms with Gasteiger partial charge in [0.25, 0.3) is 0 Å². The van der Waals surface area contributed by atoms with Crippen molar-refractivity contribution in [3.8, 4) is 0 Å². The van der Waals surface area contributed by atoms with E-state index in [4.69, 9.17) is 0 Å². The number of nitrogens with zero attached hydrogens (tertiary/aromatic N) is 1. The van der Waals surface area contributed by atoms with Crippen LogP contribution >= 0.6 is 0 Å². The van der Waals surface area contributed by atoms with Crippen molar-refractivity contribution in [2.45, 2.75) is 58.4 Å². The largest absolute Gasteiger partial charge is 0.336 e. The lowest BCUT2D eigenvalue weighted by Gasteiger charge is -2.39. The van der Waals surface area contributed by atoms with E-state index in [1.54, 1.807) is 0 Å². The molecule has 0 atom stereocenters. The molecule has 2 aliphatic rings. The highest BCUT2D eigenvalue weighted by molar-refractivity contribution is 5.74. The molecule has 1 aliphatic heterocycles. The van der Waals surface area contributed by atoms with Crippen molar-refractivity contribution in [3.63, 3.8) is 0 Å². The molecule has 2 amide bonds. The monoisotopic (exact) mass is 224 g/mol. The van der Waals surface area contributed by atoms with Crippen LogP contribution in [0, 0.1) is 5.41 Å². The van der Waals surface area contributed by atoms with Crippen LogP contribution in [0.2, 0.25) is 0 Å². The van der Waals surface area contributed by atoms with Gasteiger partial charge in [0.2, 0.25) is 0 Å². The van der Waals surface area contributed by atoms with Crippen molar-refractivity contribution in [2.75, 3.05) is 13.1 Å². The lowest BCUT2D eigenvalue weighted by Crippen LogP contribution is -2.48. The molecule has 3 nitrogen and oxygen atoms in total. The molecule has 1 saturated heterocycles. The topological polar surface area (TPSA) is 32.3 Å². The fourth-order valence-electron chi connectivity index (χ4n) is 3.15. The third-order valence-corrected chi connectivity index (χ3v) is 4.19. The molecular formula is C13H24N2O. The van der Waals surface area contributed by atoms with Crippen LogP contribution < -0.4 is 5.32 Å². The summed E-state index contributed by atoms with van der Waals surface area (Å²) in [5, 5.41) is 2.98.